The van der Waals surface area contributed by atoms with Crippen molar-refractivity contribution >= 4 is 17.3 Å². The number of hydrogen-bond donors (Lipinski definition) is 2. The minimum absolute atomic E-state index is 0.0888. The maximum absolute atomic E-state index is 13.5. The summed E-state index contributed by atoms with van der Waals surface area (Å²) >= 11 is 0. The predicted octanol–water partition coefficient (Wildman–Crippen LogP) is 2.98. The zero-order valence-electron chi connectivity index (χ0n) is 13.6. The molecule has 0 aliphatic heterocycles. The number of nitrogens with one attached hydrogen (secondary N) is 2. The molecule has 0 saturated carbocycles. The molecule has 24 heavy (non-hydrogen) atoms. The van der Waals surface area contributed by atoms with Gasteiger partial charge in [0, 0.05) is 12.6 Å². The molecule has 1 aromatic carbocycles. The molecule has 0 spiro atoms. The molecule has 0 radical (unpaired) electrons. The van der Waals surface area contributed by atoms with Crippen LogP contribution in [0.2, 0.25) is 0 Å². The Labute approximate surface area is 139 Å². The summed E-state index contributed by atoms with van der Waals surface area (Å²) < 4.78 is 26.4. The summed E-state index contributed by atoms with van der Waals surface area (Å²) in [6.07, 6.45) is 2.53. The Kier molecular flexibility index (Phi) is 6.20. The van der Waals surface area contributed by atoms with Crippen molar-refractivity contribution in [3.63, 3.8) is 0 Å². The number of hydrogen-bond acceptors (Lipinski definition) is 4. The van der Waals surface area contributed by atoms with Crippen LogP contribution in [0, 0.1) is 11.6 Å². The van der Waals surface area contributed by atoms with E-state index in [9.17, 15) is 13.6 Å². The van der Waals surface area contributed by atoms with Crippen LogP contribution in [0.1, 0.15) is 16.9 Å². The van der Waals surface area contributed by atoms with Crippen LogP contribution < -0.4 is 10.6 Å². The second-order valence-electron chi connectivity index (χ2n) is 5.59. The van der Waals surface area contributed by atoms with E-state index in [0.29, 0.717) is 6.07 Å². The standard InChI is InChI=1S/C17H20F2N4O/c1-23(2)9-3-8-20-13-5-7-16(21-11-13)17(24)22-15-6-4-12(18)10-14(15)19/h4-7,10-11,20H,3,8-9H2,1-2H3,(H,22,24). The summed E-state index contributed by atoms with van der Waals surface area (Å²) in [5, 5.41) is 5.58. The topological polar surface area (TPSA) is 57.3 Å². The van der Waals surface area contributed by atoms with Gasteiger partial charge in [0.25, 0.3) is 5.91 Å². The van der Waals surface area contributed by atoms with Crippen molar-refractivity contribution in [2.45, 2.75) is 6.42 Å². The Morgan fingerprint density at radius 1 is 1.21 bits per heavy atom. The van der Waals surface area contributed by atoms with Gasteiger partial charge in [-0.2, -0.15) is 0 Å². The van der Waals surface area contributed by atoms with Gasteiger partial charge in [-0.05, 0) is 51.3 Å². The van der Waals surface area contributed by atoms with Crippen LogP contribution in [0.4, 0.5) is 20.2 Å². The monoisotopic (exact) mass is 334 g/mol. The molecule has 0 aliphatic rings. The van der Waals surface area contributed by atoms with Crippen molar-refractivity contribution in [3.05, 3.63) is 53.9 Å². The van der Waals surface area contributed by atoms with Gasteiger partial charge in [-0.25, -0.2) is 13.8 Å². The first-order chi connectivity index (χ1) is 11.5. The molecule has 0 bridgehead atoms. The Morgan fingerprint density at radius 3 is 2.62 bits per heavy atom. The van der Waals surface area contributed by atoms with Gasteiger partial charge in [-0.1, -0.05) is 0 Å². The SMILES string of the molecule is CN(C)CCCNc1ccc(C(=O)Nc2ccc(F)cc2F)nc1. The fraction of sp³-hybridized carbons (Fsp3) is 0.294. The number of carbonyl (C=O) groups is 1. The average Bonchev–Trinajstić information content (AvgIpc) is 2.54. The highest BCUT2D eigenvalue weighted by atomic mass is 19.1. The maximum Gasteiger partial charge on any atom is 0.274 e. The average molecular weight is 334 g/mol. The normalized spacial score (nSPS) is 10.7. The zero-order valence-corrected chi connectivity index (χ0v) is 13.6. The van der Waals surface area contributed by atoms with Gasteiger partial charge in [0.15, 0.2) is 0 Å². The molecule has 5 nitrogen and oxygen atoms in total. The van der Waals surface area contributed by atoms with E-state index in [0.717, 1.165) is 31.3 Å². The van der Waals surface area contributed by atoms with Crippen LogP contribution in [0.5, 0.6) is 0 Å². The molecule has 0 fully saturated rings. The molecule has 128 valence electrons. The van der Waals surface area contributed by atoms with E-state index in [2.05, 4.69) is 20.5 Å². The van der Waals surface area contributed by atoms with Gasteiger partial charge >= 0.3 is 0 Å². The van der Waals surface area contributed by atoms with Crippen molar-refractivity contribution < 1.29 is 13.6 Å². The lowest BCUT2D eigenvalue weighted by Gasteiger charge is -2.11. The molecule has 0 unspecified atom stereocenters. The zero-order chi connectivity index (χ0) is 17.5. The second-order valence-corrected chi connectivity index (χ2v) is 5.59. The molecule has 2 rings (SSSR count). The number of rotatable bonds is 7. The molecule has 2 aromatic rings. The Balaban J connectivity index is 1.91. The molecule has 0 saturated heterocycles. The van der Waals surface area contributed by atoms with E-state index in [4.69, 9.17) is 0 Å². The van der Waals surface area contributed by atoms with Gasteiger partial charge in [0.1, 0.15) is 17.3 Å². The van der Waals surface area contributed by atoms with E-state index < -0.39 is 17.5 Å². The minimum atomic E-state index is -0.831. The van der Waals surface area contributed by atoms with Crippen molar-refractivity contribution in [2.24, 2.45) is 0 Å². The van der Waals surface area contributed by atoms with Gasteiger partial charge in [0.2, 0.25) is 0 Å². The van der Waals surface area contributed by atoms with E-state index in [1.54, 1.807) is 18.3 Å². The number of benzene rings is 1. The lowest BCUT2D eigenvalue weighted by atomic mass is 10.2. The highest BCUT2D eigenvalue weighted by Crippen LogP contribution is 2.16. The number of pyridine rings is 1. The highest BCUT2D eigenvalue weighted by molar-refractivity contribution is 6.03. The van der Waals surface area contributed by atoms with Crippen molar-refractivity contribution in [1.82, 2.24) is 9.88 Å². The Bertz CT molecular complexity index is 689. The number of anilines is 2. The molecule has 0 aliphatic carbocycles. The fourth-order valence-corrected chi connectivity index (χ4v) is 2.04. The van der Waals surface area contributed by atoms with Crippen molar-refractivity contribution in [1.29, 1.82) is 0 Å². The second kappa shape index (κ2) is 8.35. The number of amides is 1. The summed E-state index contributed by atoms with van der Waals surface area (Å²) in [6, 6.07) is 6.24. The summed E-state index contributed by atoms with van der Waals surface area (Å²) in [7, 11) is 4.03. The quantitative estimate of drug-likeness (QED) is 0.765. The smallest absolute Gasteiger partial charge is 0.274 e. The fourth-order valence-electron chi connectivity index (χ4n) is 2.04. The number of carbonyl (C=O) groups excluding carboxylic acids is 1. The van der Waals surface area contributed by atoms with E-state index in [-0.39, 0.29) is 11.4 Å². The third-order valence-electron chi connectivity index (χ3n) is 3.29. The molecule has 1 amide bonds. The van der Waals surface area contributed by atoms with Crippen LogP contribution >= 0.6 is 0 Å². The van der Waals surface area contributed by atoms with Gasteiger partial charge < -0.3 is 15.5 Å². The van der Waals surface area contributed by atoms with E-state index in [1.807, 2.05) is 14.1 Å². The molecular formula is C17H20F2N4O. The third kappa shape index (κ3) is 5.27. The Hall–Kier alpha value is -2.54. The highest BCUT2D eigenvalue weighted by Gasteiger charge is 2.11. The first-order valence-electron chi connectivity index (χ1n) is 7.57. The summed E-state index contributed by atoms with van der Waals surface area (Å²) in [5.41, 5.74) is 0.866. The van der Waals surface area contributed by atoms with Crippen LogP contribution in [0.3, 0.4) is 0 Å². The summed E-state index contributed by atoms with van der Waals surface area (Å²) in [5.74, 6) is -2.09. The first kappa shape index (κ1) is 17.8. The minimum Gasteiger partial charge on any atom is -0.384 e. The number of halogens is 2. The summed E-state index contributed by atoms with van der Waals surface area (Å²) in [4.78, 5) is 18.2. The van der Waals surface area contributed by atoms with Crippen molar-refractivity contribution in [2.75, 3.05) is 37.8 Å². The summed E-state index contributed by atoms with van der Waals surface area (Å²) in [6.45, 7) is 1.77. The van der Waals surface area contributed by atoms with Crippen LogP contribution in [0.15, 0.2) is 36.5 Å². The van der Waals surface area contributed by atoms with Crippen LogP contribution in [-0.4, -0.2) is 43.0 Å². The van der Waals surface area contributed by atoms with Crippen LogP contribution in [0.25, 0.3) is 0 Å². The maximum atomic E-state index is 13.5. The van der Waals surface area contributed by atoms with Gasteiger partial charge in [0.05, 0.1) is 17.6 Å². The van der Waals surface area contributed by atoms with Gasteiger partial charge in [-0.15, -0.1) is 0 Å². The Morgan fingerprint density at radius 2 is 2.00 bits per heavy atom. The first-order valence-corrected chi connectivity index (χ1v) is 7.57. The van der Waals surface area contributed by atoms with E-state index in [1.165, 1.54) is 6.07 Å². The predicted molar refractivity (Wildman–Crippen MR) is 90.2 cm³/mol. The van der Waals surface area contributed by atoms with Gasteiger partial charge in [-0.3, -0.25) is 4.79 Å². The molecule has 7 heteroatoms. The molecule has 2 N–H and O–H groups in total. The largest absolute Gasteiger partial charge is 0.384 e. The number of nitrogens with zero attached hydrogens (tertiary/aromatic N) is 2. The van der Waals surface area contributed by atoms with E-state index >= 15 is 0 Å². The molecule has 1 heterocycles. The molecule has 1 aromatic heterocycles. The lowest BCUT2D eigenvalue weighted by molar-refractivity contribution is 0.102. The number of aromatic nitrogens is 1. The molecule has 0 atom stereocenters. The van der Waals surface area contributed by atoms with Crippen LogP contribution in [-0.2, 0) is 0 Å². The molecular weight excluding hydrogens is 314 g/mol. The lowest BCUT2D eigenvalue weighted by Crippen LogP contribution is -2.17. The van der Waals surface area contributed by atoms with Crippen molar-refractivity contribution in [3.8, 4) is 0 Å². The third-order valence-corrected chi connectivity index (χ3v) is 3.29.